The van der Waals surface area contributed by atoms with Crippen LogP contribution in [0.2, 0.25) is 5.02 Å². The Balaban J connectivity index is 1.31. The number of methoxy groups -OCH3 is 2. The van der Waals surface area contributed by atoms with Gasteiger partial charge in [-0.1, -0.05) is 66.2 Å². The van der Waals surface area contributed by atoms with Gasteiger partial charge in [0.25, 0.3) is 0 Å². The van der Waals surface area contributed by atoms with Crippen LogP contribution >= 0.6 is 23.4 Å². The molecule has 0 saturated carbocycles. The van der Waals surface area contributed by atoms with Crippen LogP contribution in [0.5, 0.6) is 17.2 Å². The van der Waals surface area contributed by atoms with E-state index in [4.69, 9.17) is 31.5 Å². The van der Waals surface area contributed by atoms with E-state index in [1.807, 2.05) is 72.8 Å². The predicted octanol–water partition coefficient (Wildman–Crippen LogP) is 5.93. The Kier molecular flexibility index (Phi) is 10.7. The Morgan fingerprint density at radius 2 is 1.65 bits per heavy atom. The first-order chi connectivity index (χ1) is 22.3. The van der Waals surface area contributed by atoms with Gasteiger partial charge in [0.1, 0.15) is 17.7 Å². The van der Waals surface area contributed by atoms with Gasteiger partial charge < -0.3 is 25.3 Å². The van der Waals surface area contributed by atoms with Crippen molar-refractivity contribution in [3.8, 4) is 17.2 Å². The molecule has 3 N–H and O–H groups in total. The molecular weight excluding hydrogens is 626 g/mol. The van der Waals surface area contributed by atoms with Crippen LogP contribution in [-0.2, 0) is 22.6 Å². The summed E-state index contributed by atoms with van der Waals surface area (Å²) < 4.78 is 16.6. The monoisotopic (exact) mass is 659 g/mol. The maximum Gasteiger partial charge on any atom is 0.250 e. The zero-order valence-corrected chi connectivity index (χ0v) is 27.0. The van der Waals surface area contributed by atoms with Gasteiger partial charge in [-0.2, -0.15) is 0 Å². The van der Waals surface area contributed by atoms with Crippen LogP contribution in [0.15, 0.2) is 91.0 Å². The number of hydrogen-bond donors (Lipinski definition) is 2. The Morgan fingerprint density at radius 1 is 0.913 bits per heavy atom. The van der Waals surface area contributed by atoms with Crippen LogP contribution in [-0.4, -0.2) is 43.7 Å². The topological polar surface area (TPSA) is 120 Å². The van der Waals surface area contributed by atoms with Gasteiger partial charge in [-0.05, 0) is 59.5 Å². The summed E-state index contributed by atoms with van der Waals surface area (Å²) in [6.07, 6.45) is 0.536. The molecule has 46 heavy (non-hydrogen) atoms. The maximum absolute atomic E-state index is 13.9. The molecule has 1 aliphatic rings. The first-order valence-corrected chi connectivity index (χ1v) is 15.9. The summed E-state index contributed by atoms with van der Waals surface area (Å²) in [5.41, 5.74) is 8.83. The lowest BCUT2D eigenvalue weighted by Gasteiger charge is -2.26. The normalized spacial score (nSPS) is 15.8. The zero-order valence-electron chi connectivity index (χ0n) is 25.4. The zero-order chi connectivity index (χ0) is 32.6. The number of nitrogens with zero attached hydrogens (tertiary/aromatic N) is 1. The highest BCUT2D eigenvalue weighted by Crippen LogP contribution is 2.49. The SMILES string of the molecule is COc1ccc(CCNC(=O)C[C@H]2S[C@@H](c3ccc(OCc4ccccc4)cc3)N(c3cccc(C(N)=O)c3Cl)C2=O)cc1OC. The van der Waals surface area contributed by atoms with Crippen molar-refractivity contribution < 1.29 is 28.6 Å². The highest BCUT2D eigenvalue weighted by molar-refractivity contribution is 8.01. The Bertz CT molecular complexity index is 1700. The summed E-state index contributed by atoms with van der Waals surface area (Å²) in [4.78, 5) is 40.6. The van der Waals surface area contributed by atoms with Crippen LogP contribution in [0.4, 0.5) is 5.69 Å². The van der Waals surface area contributed by atoms with Crippen LogP contribution < -0.4 is 30.2 Å². The molecule has 1 fully saturated rings. The van der Waals surface area contributed by atoms with E-state index in [1.165, 1.54) is 17.8 Å². The summed E-state index contributed by atoms with van der Waals surface area (Å²) >= 11 is 7.98. The van der Waals surface area contributed by atoms with Gasteiger partial charge in [-0.15, -0.1) is 11.8 Å². The fourth-order valence-corrected chi connectivity index (χ4v) is 6.89. The second-order valence-electron chi connectivity index (χ2n) is 10.5. The van der Waals surface area contributed by atoms with Gasteiger partial charge >= 0.3 is 0 Å². The van der Waals surface area contributed by atoms with Crippen LogP contribution in [0.3, 0.4) is 0 Å². The van der Waals surface area contributed by atoms with Gasteiger partial charge in [0.2, 0.25) is 17.7 Å². The van der Waals surface area contributed by atoms with Gasteiger partial charge in [0.05, 0.1) is 35.7 Å². The minimum Gasteiger partial charge on any atom is -0.493 e. The van der Waals surface area contributed by atoms with E-state index >= 15 is 0 Å². The largest absolute Gasteiger partial charge is 0.493 e. The minimum absolute atomic E-state index is 0.0339. The molecule has 9 nitrogen and oxygen atoms in total. The van der Waals surface area contributed by atoms with Crippen LogP contribution in [0.25, 0.3) is 0 Å². The average Bonchev–Trinajstić information content (AvgIpc) is 3.39. The third-order valence-corrected chi connectivity index (χ3v) is 9.35. The number of primary amides is 1. The number of nitrogens with two attached hydrogens (primary N) is 1. The Labute approximate surface area is 277 Å². The van der Waals surface area contributed by atoms with Crippen molar-refractivity contribution in [3.63, 3.8) is 0 Å². The van der Waals surface area contributed by atoms with Gasteiger partial charge in [-0.3, -0.25) is 19.3 Å². The van der Waals surface area contributed by atoms with Crippen molar-refractivity contribution in [1.29, 1.82) is 0 Å². The number of anilines is 1. The quantitative estimate of drug-likeness (QED) is 0.183. The number of carbonyl (C=O) groups excluding carboxylic acids is 3. The predicted molar refractivity (Wildman–Crippen MR) is 180 cm³/mol. The molecule has 0 unspecified atom stereocenters. The number of thioether (sulfide) groups is 1. The fraction of sp³-hybridized carbons (Fsp3) is 0.229. The summed E-state index contributed by atoms with van der Waals surface area (Å²) in [5.74, 6) is 0.662. The lowest BCUT2D eigenvalue weighted by Crippen LogP contribution is -2.35. The second-order valence-corrected chi connectivity index (χ2v) is 12.2. The summed E-state index contributed by atoms with van der Waals surface area (Å²) in [5, 5.41) is 1.81. The van der Waals surface area contributed by atoms with Crippen molar-refractivity contribution in [3.05, 3.63) is 118 Å². The van der Waals surface area contributed by atoms with Crippen molar-refractivity contribution >= 4 is 46.8 Å². The molecule has 0 aliphatic carbocycles. The summed E-state index contributed by atoms with van der Waals surface area (Å²) in [6, 6.07) is 27.7. The standard InChI is InChI=1S/C35H34ClN3O6S/c1-43-28-16-11-22(19-29(28)44-2)17-18-38-31(40)20-30-34(42)39(27-10-6-9-26(32(27)36)33(37)41)35(46-30)24-12-14-25(15-13-24)45-21-23-7-4-3-5-8-23/h3-16,19,30,35H,17-18,20-21H2,1-2H3,(H2,37,41)(H,38,40)/t30-,35+/m1/s1. The van der Waals surface area contributed by atoms with Crippen molar-refractivity contribution in [1.82, 2.24) is 5.32 Å². The molecule has 0 bridgehead atoms. The lowest BCUT2D eigenvalue weighted by molar-refractivity contribution is -0.124. The highest BCUT2D eigenvalue weighted by atomic mass is 35.5. The molecule has 1 saturated heterocycles. The van der Waals surface area contributed by atoms with E-state index in [1.54, 1.807) is 31.3 Å². The van der Waals surface area contributed by atoms with Gasteiger partial charge in [0.15, 0.2) is 11.5 Å². The lowest BCUT2D eigenvalue weighted by atomic mass is 10.1. The molecule has 11 heteroatoms. The van der Waals surface area contributed by atoms with E-state index in [9.17, 15) is 14.4 Å². The molecule has 0 spiro atoms. The van der Waals surface area contributed by atoms with Crippen molar-refractivity contribution in [2.24, 2.45) is 5.73 Å². The molecule has 1 heterocycles. The van der Waals surface area contributed by atoms with Gasteiger partial charge in [0, 0.05) is 13.0 Å². The number of benzene rings is 4. The maximum atomic E-state index is 13.9. The van der Waals surface area contributed by atoms with E-state index in [0.717, 1.165) is 16.7 Å². The second kappa shape index (κ2) is 15.1. The molecular formula is C35H34ClN3O6S. The van der Waals surface area contributed by atoms with Crippen LogP contribution in [0.1, 0.15) is 38.8 Å². The average molecular weight is 660 g/mol. The third kappa shape index (κ3) is 7.58. The Hall–Kier alpha value is -4.67. The molecule has 4 aromatic carbocycles. The molecule has 1 aliphatic heterocycles. The van der Waals surface area contributed by atoms with E-state index in [-0.39, 0.29) is 28.8 Å². The molecule has 0 radical (unpaired) electrons. The summed E-state index contributed by atoms with van der Waals surface area (Å²) in [6.45, 7) is 0.797. The first-order valence-electron chi connectivity index (χ1n) is 14.6. The number of hydrogen-bond acceptors (Lipinski definition) is 7. The third-order valence-electron chi connectivity index (χ3n) is 7.51. The highest BCUT2D eigenvalue weighted by Gasteiger charge is 2.43. The van der Waals surface area contributed by atoms with Crippen molar-refractivity contribution in [2.75, 3.05) is 25.7 Å². The molecule has 2 atom stereocenters. The molecule has 0 aromatic heterocycles. The number of halogens is 1. The van der Waals surface area contributed by atoms with Gasteiger partial charge in [-0.25, -0.2) is 0 Å². The molecule has 238 valence electrons. The first kappa shape index (κ1) is 32.7. The molecule has 5 rings (SSSR count). The molecule has 3 amide bonds. The molecule has 4 aromatic rings. The fourth-order valence-electron chi connectivity index (χ4n) is 5.14. The number of carbonyl (C=O) groups is 3. The van der Waals surface area contributed by atoms with E-state index in [0.29, 0.717) is 42.5 Å². The number of amides is 3. The summed E-state index contributed by atoms with van der Waals surface area (Å²) in [7, 11) is 3.15. The van der Waals surface area contributed by atoms with Crippen LogP contribution in [0, 0.1) is 0 Å². The number of rotatable bonds is 13. The Morgan fingerprint density at radius 3 is 2.35 bits per heavy atom. The smallest absolute Gasteiger partial charge is 0.250 e. The minimum atomic E-state index is -0.701. The van der Waals surface area contributed by atoms with E-state index in [2.05, 4.69) is 5.32 Å². The van der Waals surface area contributed by atoms with Crippen molar-refractivity contribution in [2.45, 2.75) is 30.1 Å². The number of nitrogens with one attached hydrogen (secondary N) is 1. The van der Waals surface area contributed by atoms with E-state index < -0.39 is 16.5 Å². The number of ether oxygens (including phenoxy) is 3.